The summed E-state index contributed by atoms with van der Waals surface area (Å²) in [5.74, 6) is 1.44. The highest BCUT2D eigenvalue weighted by Crippen LogP contribution is 2.51. The normalized spacial score (nSPS) is 24.4. The van der Waals surface area contributed by atoms with Crippen molar-refractivity contribution >= 4 is 28.1 Å². The van der Waals surface area contributed by atoms with Crippen LogP contribution in [0, 0.1) is 11.8 Å². The lowest BCUT2D eigenvalue weighted by Crippen LogP contribution is -2.00. The number of fused-ring (bicyclic) bond motifs is 1. The van der Waals surface area contributed by atoms with Gasteiger partial charge in [0.25, 0.3) is 0 Å². The Hall–Kier alpha value is -3.84. The molecule has 1 fully saturated rings. The highest BCUT2D eigenvalue weighted by Gasteiger charge is 2.39. The van der Waals surface area contributed by atoms with E-state index in [4.69, 9.17) is 0 Å². The molecule has 0 bridgehead atoms. The van der Waals surface area contributed by atoms with Crippen LogP contribution in [0.15, 0.2) is 121 Å². The zero-order valence-electron chi connectivity index (χ0n) is 22.0. The fourth-order valence-corrected chi connectivity index (χ4v) is 5.26. The molecule has 0 aliphatic heterocycles. The number of benzene rings is 2. The van der Waals surface area contributed by atoms with Gasteiger partial charge in [0.1, 0.15) is 0 Å². The highest BCUT2D eigenvalue weighted by molar-refractivity contribution is 5.85. The molecule has 2 unspecified atom stereocenters. The van der Waals surface area contributed by atoms with Crippen molar-refractivity contribution in [3.05, 3.63) is 138 Å². The Morgan fingerprint density at radius 1 is 0.676 bits per heavy atom. The third-order valence-electron chi connectivity index (χ3n) is 7.31. The molecular weight excluding hydrogens is 446 g/mol. The van der Waals surface area contributed by atoms with E-state index in [1.807, 2.05) is 13.8 Å². The van der Waals surface area contributed by atoms with Crippen LogP contribution in [0.4, 0.5) is 11.4 Å². The third kappa shape index (κ3) is 5.94. The van der Waals surface area contributed by atoms with E-state index in [0.717, 1.165) is 30.9 Å². The Balaban J connectivity index is 0.00000137. The molecule has 0 saturated heterocycles. The molecule has 0 heterocycles. The Bertz CT molecular complexity index is 1350. The monoisotopic (exact) mass is 483 g/mol. The fraction of sp³-hybridized carbons (Fsp3) is 0.222. The lowest BCUT2D eigenvalue weighted by molar-refractivity contribution is 0.999. The van der Waals surface area contributed by atoms with Crippen molar-refractivity contribution in [1.29, 1.82) is 0 Å². The zero-order valence-corrected chi connectivity index (χ0v) is 22.0. The average Bonchev–Trinajstić information content (AvgIpc) is 3.74. The van der Waals surface area contributed by atoms with Gasteiger partial charge < -0.3 is 5.32 Å². The molecule has 4 aliphatic rings. The van der Waals surface area contributed by atoms with Gasteiger partial charge in [-0.2, -0.15) is 0 Å². The molecule has 2 aromatic rings. The first-order valence-electron chi connectivity index (χ1n) is 13.8. The summed E-state index contributed by atoms with van der Waals surface area (Å²) in [4.78, 5) is 0. The largest absolute Gasteiger partial charge is 0.355 e. The molecule has 37 heavy (non-hydrogen) atoms. The number of hydrogen-bond acceptors (Lipinski definition) is 1. The summed E-state index contributed by atoms with van der Waals surface area (Å²) in [6.07, 6.45) is 33.1. The van der Waals surface area contributed by atoms with Gasteiger partial charge in [-0.3, -0.25) is 0 Å². The van der Waals surface area contributed by atoms with E-state index in [9.17, 15) is 0 Å². The van der Waals surface area contributed by atoms with E-state index in [2.05, 4.69) is 127 Å². The van der Waals surface area contributed by atoms with Gasteiger partial charge in [0, 0.05) is 16.9 Å². The van der Waals surface area contributed by atoms with Crippen molar-refractivity contribution in [2.45, 2.75) is 39.5 Å². The second kappa shape index (κ2) is 11.9. The molecule has 1 nitrogen and oxygen atoms in total. The van der Waals surface area contributed by atoms with Crippen LogP contribution in [0.2, 0.25) is 0 Å². The predicted octanol–water partition coefficient (Wildman–Crippen LogP) is 10.2. The van der Waals surface area contributed by atoms with Crippen LogP contribution in [0.3, 0.4) is 0 Å². The van der Waals surface area contributed by atoms with Gasteiger partial charge in [-0.25, -0.2) is 0 Å². The number of nitrogens with one attached hydrogen (secondary N) is 1. The Kier molecular flexibility index (Phi) is 8.01. The molecule has 186 valence electrons. The van der Waals surface area contributed by atoms with E-state index < -0.39 is 0 Å². The molecular formula is C36H37N. The molecule has 6 rings (SSSR count). The van der Waals surface area contributed by atoms with Crippen LogP contribution < -0.4 is 5.32 Å². The highest BCUT2D eigenvalue weighted by atomic mass is 14.9. The summed E-state index contributed by atoms with van der Waals surface area (Å²) >= 11 is 0. The van der Waals surface area contributed by atoms with Gasteiger partial charge in [-0.1, -0.05) is 117 Å². The molecule has 0 aromatic heterocycles. The van der Waals surface area contributed by atoms with Gasteiger partial charge in [0.2, 0.25) is 0 Å². The smallest absolute Gasteiger partial charge is 0.0466 e. The topological polar surface area (TPSA) is 12.0 Å². The van der Waals surface area contributed by atoms with Crippen molar-refractivity contribution in [3.8, 4) is 0 Å². The first-order valence-corrected chi connectivity index (χ1v) is 13.8. The van der Waals surface area contributed by atoms with Crippen molar-refractivity contribution < 1.29 is 0 Å². The van der Waals surface area contributed by atoms with Crippen LogP contribution in [-0.4, -0.2) is 0 Å². The number of allylic oxidation sites excluding steroid dienone is 16. The number of anilines is 2. The molecule has 1 saturated carbocycles. The van der Waals surface area contributed by atoms with Gasteiger partial charge in [0.05, 0.1) is 0 Å². The van der Waals surface area contributed by atoms with Gasteiger partial charge in [-0.15, -0.1) is 0 Å². The second-order valence-corrected chi connectivity index (χ2v) is 9.72. The third-order valence-corrected chi connectivity index (χ3v) is 7.31. The minimum absolute atomic E-state index is 0.695. The maximum atomic E-state index is 3.77. The summed E-state index contributed by atoms with van der Waals surface area (Å²) in [6.45, 7) is 4.00. The van der Waals surface area contributed by atoms with E-state index in [-0.39, 0.29) is 0 Å². The van der Waals surface area contributed by atoms with E-state index in [1.165, 1.54) is 45.5 Å². The van der Waals surface area contributed by atoms with Crippen LogP contribution in [0.1, 0.15) is 56.2 Å². The average molecular weight is 484 g/mol. The lowest BCUT2D eigenvalue weighted by Gasteiger charge is -2.18. The van der Waals surface area contributed by atoms with Gasteiger partial charge in [-0.05, 0) is 83.6 Å². The molecule has 2 aromatic carbocycles. The van der Waals surface area contributed by atoms with Gasteiger partial charge >= 0.3 is 0 Å². The van der Waals surface area contributed by atoms with Crippen molar-refractivity contribution in [2.24, 2.45) is 11.8 Å². The summed E-state index contributed by atoms with van der Waals surface area (Å²) in [5, 5.41) is 3.77. The molecule has 0 radical (unpaired) electrons. The SMILES string of the molecule is C1=CC=C(c2ccc(C3=CC=CC4CC34)cc2Nc2ccc(/C3=C/C=C\C/C=C\C3)cc2)CC=C1.CC. The lowest BCUT2D eigenvalue weighted by atomic mass is 9.92. The Morgan fingerprint density at radius 3 is 2.38 bits per heavy atom. The standard InChI is InChI=1S/C34H31N.C2H6/c1-2-6-11-25(12-7-3-1)26-17-20-30(21-18-26)35-34-24-29(31-16-10-15-28-23-33(28)31)19-22-32(34)27-13-8-4-5-9-14-27;1-2/h2-11,13,15-22,24,28,33,35H,1,12,14,23H2;1-2H3/b6-2-,7-3-,25-11+;. The minimum Gasteiger partial charge on any atom is -0.355 e. The number of rotatable bonds is 5. The fourth-order valence-electron chi connectivity index (χ4n) is 5.26. The van der Waals surface area contributed by atoms with Crippen LogP contribution in [-0.2, 0) is 0 Å². The second-order valence-electron chi connectivity index (χ2n) is 9.72. The maximum Gasteiger partial charge on any atom is 0.0466 e. The first-order chi connectivity index (χ1) is 18.3. The molecule has 1 N–H and O–H groups in total. The quantitative estimate of drug-likeness (QED) is 0.417. The summed E-state index contributed by atoms with van der Waals surface area (Å²) in [6, 6.07) is 15.9. The number of hydrogen-bond donors (Lipinski definition) is 1. The molecule has 1 heteroatoms. The minimum atomic E-state index is 0.695. The zero-order chi connectivity index (χ0) is 25.5. The molecule has 2 atom stereocenters. The van der Waals surface area contributed by atoms with Crippen LogP contribution >= 0.6 is 0 Å². The Labute approximate surface area is 222 Å². The van der Waals surface area contributed by atoms with E-state index in [1.54, 1.807) is 0 Å². The van der Waals surface area contributed by atoms with Crippen molar-refractivity contribution in [1.82, 2.24) is 0 Å². The summed E-state index contributed by atoms with van der Waals surface area (Å²) < 4.78 is 0. The van der Waals surface area contributed by atoms with Crippen LogP contribution in [0.25, 0.3) is 16.7 Å². The summed E-state index contributed by atoms with van der Waals surface area (Å²) in [5.41, 5.74) is 10.3. The Morgan fingerprint density at radius 2 is 1.49 bits per heavy atom. The van der Waals surface area contributed by atoms with Crippen molar-refractivity contribution in [3.63, 3.8) is 0 Å². The van der Waals surface area contributed by atoms with Crippen LogP contribution in [0.5, 0.6) is 0 Å². The van der Waals surface area contributed by atoms with Crippen molar-refractivity contribution in [2.75, 3.05) is 5.32 Å². The van der Waals surface area contributed by atoms with Gasteiger partial charge in [0.15, 0.2) is 0 Å². The predicted molar refractivity (Wildman–Crippen MR) is 163 cm³/mol. The molecule has 4 aliphatic carbocycles. The molecule has 0 spiro atoms. The summed E-state index contributed by atoms with van der Waals surface area (Å²) in [7, 11) is 0. The van der Waals surface area contributed by atoms with E-state index in [0.29, 0.717) is 5.92 Å². The van der Waals surface area contributed by atoms with E-state index >= 15 is 0 Å². The first kappa shape index (κ1) is 24.8. The molecule has 0 amide bonds. The maximum absolute atomic E-state index is 3.77.